The number of nitrogens with zero attached hydrogens (tertiary/aromatic N) is 2. The zero-order valence-corrected chi connectivity index (χ0v) is 13.9. The quantitative estimate of drug-likeness (QED) is 0.712. The molecule has 1 unspecified atom stereocenters. The lowest BCUT2D eigenvalue weighted by Crippen LogP contribution is -2.13. The van der Waals surface area contributed by atoms with Crippen LogP contribution in [0.3, 0.4) is 0 Å². The molecule has 0 fully saturated rings. The van der Waals surface area contributed by atoms with Gasteiger partial charge < -0.3 is 10.4 Å². The maximum absolute atomic E-state index is 10.3. The molecular formula is C18H16BrN3O. The van der Waals surface area contributed by atoms with Crippen molar-refractivity contribution in [1.82, 2.24) is 9.97 Å². The molecule has 1 aromatic heterocycles. The molecule has 2 aromatic carbocycles. The molecule has 1 atom stereocenters. The summed E-state index contributed by atoms with van der Waals surface area (Å²) in [6.07, 6.45) is 2.71. The third-order valence-corrected chi connectivity index (χ3v) is 3.89. The van der Waals surface area contributed by atoms with E-state index in [-0.39, 0.29) is 0 Å². The predicted molar refractivity (Wildman–Crippen MR) is 95.1 cm³/mol. The SMILES string of the molecule is OC(CNc1ncc(Br)cn1)c1ccc(-c2ccccc2)cc1. The highest BCUT2D eigenvalue weighted by Crippen LogP contribution is 2.22. The van der Waals surface area contributed by atoms with Crippen molar-refractivity contribution in [3.8, 4) is 11.1 Å². The van der Waals surface area contributed by atoms with Gasteiger partial charge in [-0.2, -0.15) is 0 Å². The third kappa shape index (κ3) is 4.15. The molecule has 3 rings (SSSR count). The van der Waals surface area contributed by atoms with Crippen LogP contribution >= 0.6 is 15.9 Å². The lowest BCUT2D eigenvalue weighted by Gasteiger charge is -2.13. The zero-order valence-electron chi connectivity index (χ0n) is 12.4. The number of hydrogen-bond acceptors (Lipinski definition) is 4. The fraction of sp³-hybridized carbons (Fsp3) is 0.111. The molecule has 0 aliphatic rings. The summed E-state index contributed by atoms with van der Waals surface area (Å²) in [5.74, 6) is 0.494. The monoisotopic (exact) mass is 369 g/mol. The van der Waals surface area contributed by atoms with Gasteiger partial charge in [0.2, 0.25) is 5.95 Å². The number of anilines is 1. The summed E-state index contributed by atoms with van der Waals surface area (Å²) in [6, 6.07) is 18.1. The van der Waals surface area contributed by atoms with Gasteiger partial charge in [-0.3, -0.25) is 0 Å². The van der Waals surface area contributed by atoms with E-state index in [0.29, 0.717) is 12.5 Å². The van der Waals surface area contributed by atoms with Crippen LogP contribution < -0.4 is 5.32 Å². The van der Waals surface area contributed by atoms with Crippen LogP contribution in [0.25, 0.3) is 11.1 Å². The lowest BCUT2D eigenvalue weighted by molar-refractivity contribution is 0.191. The van der Waals surface area contributed by atoms with Gasteiger partial charge in [0.25, 0.3) is 0 Å². The van der Waals surface area contributed by atoms with Gasteiger partial charge in [-0.1, -0.05) is 54.6 Å². The Kier molecular flexibility index (Phi) is 5.00. The van der Waals surface area contributed by atoms with Gasteiger partial charge in [0, 0.05) is 18.9 Å². The van der Waals surface area contributed by atoms with E-state index in [1.165, 1.54) is 0 Å². The second-order valence-electron chi connectivity index (χ2n) is 5.11. The first-order chi connectivity index (χ1) is 11.2. The third-order valence-electron chi connectivity index (χ3n) is 3.48. The molecule has 1 heterocycles. The number of hydrogen-bond donors (Lipinski definition) is 2. The minimum absolute atomic E-state index is 0.353. The maximum atomic E-state index is 10.3. The summed E-state index contributed by atoms with van der Waals surface area (Å²) < 4.78 is 0.820. The first-order valence-corrected chi connectivity index (χ1v) is 8.06. The molecular weight excluding hydrogens is 354 g/mol. The number of rotatable bonds is 5. The van der Waals surface area contributed by atoms with Gasteiger partial charge in [-0.25, -0.2) is 9.97 Å². The Morgan fingerprint density at radius 1 is 0.913 bits per heavy atom. The van der Waals surface area contributed by atoms with Crippen LogP contribution in [-0.2, 0) is 0 Å². The van der Waals surface area contributed by atoms with Crippen LogP contribution in [0.15, 0.2) is 71.5 Å². The molecule has 0 aliphatic carbocycles. The summed E-state index contributed by atoms with van der Waals surface area (Å²) in [4.78, 5) is 8.23. The second kappa shape index (κ2) is 7.35. The summed E-state index contributed by atoms with van der Waals surface area (Å²) in [6.45, 7) is 0.353. The van der Waals surface area contributed by atoms with Crippen LogP contribution in [-0.4, -0.2) is 21.6 Å². The number of aromatic nitrogens is 2. The second-order valence-corrected chi connectivity index (χ2v) is 6.03. The van der Waals surface area contributed by atoms with E-state index >= 15 is 0 Å². The number of aliphatic hydroxyl groups is 1. The fourth-order valence-electron chi connectivity index (χ4n) is 2.24. The van der Waals surface area contributed by atoms with E-state index < -0.39 is 6.10 Å². The van der Waals surface area contributed by atoms with Crippen molar-refractivity contribution in [3.05, 3.63) is 77.0 Å². The summed E-state index contributed by atoms with van der Waals surface area (Å²) in [7, 11) is 0. The zero-order chi connectivity index (χ0) is 16.1. The highest BCUT2D eigenvalue weighted by Gasteiger charge is 2.08. The molecule has 5 heteroatoms. The van der Waals surface area contributed by atoms with E-state index in [9.17, 15) is 5.11 Å². The van der Waals surface area contributed by atoms with Crippen LogP contribution in [0.5, 0.6) is 0 Å². The Bertz CT molecular complexity index is 745. The molecule has 0 saturated carbocycles. The number of nitrogens with one attached hydrogen (secondary N) is 1. The molecule has 0 aliphatic heterocycles. The van der Waals surface area contributed by atoms with Crippen molar-refractivity contribution in [2.45, 2.75) is 6.10 Å². The predicted octanol–water partition coefficient (Wildman–Crippen LogP) is 4.05. The van der Waals surface area contributed by atoms with Crippen molar-refractivity contribution in [1.29, 1.82) is 0 Å². The number of halogens is 1. The minimum Gasteiger partial charge on any atom is -0.387 e. The summed E-state index contributed by atoms with van der Waals surface area (Å²) in [5, 5.41) is 13.3. The molecule has 0 bridgehead atoms. The van der Waals surface area contributed by atoms with Crippen molar-refractivity contribution in [3.63, 3.8) is 0 Å². The Balaban J connectivity index is 1.63. The van der Waals surface area contributed by atoms with Crippen molar-refractivity contribution < 1.29 is 5.11 Å². The van der Waals surface area contributed by atoms with Crippen LogP contribution in [0.4, 0.5) is 5.95 Å². The molecule has 116 valence electrons. The van der Waals surface area contributed by atoms with E-state index in [4.69, 9.17) is 0 Å². The Hall–Kier alpha value is -2.24. The molecule has 0 amide bonds. The number of aliphatic hydroxyl groups excluding tert-OH is 1. The molecule has 0 spiro atoms. The molecule has 0 saturated heterocycles. The first kappa shape index (κ1) is 15.6. The van der Waals surface area contributed by atoms with Gasteiger partial charge in [0.15, 0.2) is 0 Å². The van der Waals surface area contributed by atoms with E-state index in [1.54, 1.807) is 12.4 Å². The van der Waals surface area contributed by atoms with E-state index in [2.05, 4.69) is 43.3 Å². The molecule has 2 N–H and O–H groups in total. The van der Waals surface area contributed by atoms with Gasteiger partial charge in [0.05, 0.1) is 10.6 Å². The normalized spacial score (nSPS) is 11.9. The van der Waals surface area contributed by atoms with Crippen LogP contribution in [0.2, 0.25) is 0 Å². The molecule has 4 nitrogen and oxygen atoms in total. The number of benzene rings is 2. The lowest BCUT2D eigenvalue weighted by atomic mass is 10.0. The van der Waals surface area contributed by atoms with E-state index in [1.807, 2.05) is 42.5 Å². The fourth-order valence-corrected chi connectivity index (χ4v) is 2.44. The van der Waals surface area contributed by atoms with Crippen molar-refractivity contribution >= 4 is 21.9 Å². The summed E-state index contributed by atoms with van der Waals surface area (Å²) in [5.41, 5.74) is 3.15. The topological polar surface area (TPSA) is 58.0 Å². The van der Waals surface area contributed by atoms with Gasteiger partial charge in [-0.15, -0.1) is 0 Å². The molecule has 23 heavy (non-hydrogen) atoms. The summed E-state index contributed by atoms with van der Waals surface area (Å²) >= 11 is 3.29. The van der Waals surface area contributed by atoms with E-state index in [0.717, 1.165) is 21.2 Å². The first-order valence-electron chi connectivity index (χ1n) is 7.27. The van der Waals surface area contributed by atoms with Gasteiger partial charge in [-0.05, 0) is 32.6 Å². The Labute approximate surface area is 143 Å². The average molecular weight is 370 g/mol. The van der Waals surface area contributed by atoms with Crippen LogP contribution in [0.1, 0.15) is 11.7 Å². The highest BCUT2D eigenvalue weighted by atomic mass is 79.9. The smallest absolute Gasteiger partial charge is 0.222 e. The largest absolute Gasteiger partial charge is 0.387 e. The molecule has 3 aromatic rings. The molecule has 0 radical (unpaired) electrons. The Morgan fingerprint density at radius 2 is 1.52 bits per heavy atom. The van der Waals surface area contributed by atoms with Gasteiger partial charge >= 0.3 is 0 Å². The van der Waals surface area contributed by atoms with Gasteiger partial charge in [0.1, 0.15) is 0 Å². The van der Waals surface area contributed by atoms with Crippen molar-refractivity contribution in [2.75, 3.05) is 11.9 Å². The standard InChI is InChI=1S/C18H16BrN3O/c19-16-10-20-18(21-11-16)22-12-17(23)15-8-6-14(7-9-15)13-4-2-1-3-5-13/h1-11,17,23H,12H2,(H,20,21,22). The van der Waals surface area contributed by atoms with Crippen LogP contribution in [0, 0.1) is 0 Å². The van der Waals surface area contributed by atoms with Crippen molar-refractivity contribution in [2.24, 2.45) is 0 Å². The minimum atomic E-state index is -0.618. The average Bonchev–Trinajstić information content (AvgIpc) is 2.62. The maximum Gasteiger partial charge on any atom is 0.222 e. The highest BCUT2D eigenvalue weighted by molar-refractivity contribution is 9.10. The Morgan fingerprint density at radius 3 is 2.17 bits per heavy atom.